The third kappa shape index (κ3) is 4.88. The molecule has 0 N–H and O–H groups in total. The molecule has 120 valence electrons. The molecule has 0 aliphatic carbocycles. The Labute approximate surface area is 128 Å². The Balaban J connectivity index is 3.05. The molecule has 1 aromatic carbocycles. The van der Waals surface area contributed by atoms with E-state index in [-0.39, 0.29) is 4.90 Å². The zero-order chi connectivity index (χ0) is 17.1. The van der Waals surface area contributed by atoms with Crippen LogP contribution >= 0.6 is 0 Å². The maximum Gasteiger partial charge on any atom is 0.319 e. The van der Waals surface area contributed by atoms with Crippen molar-refractivity contribution in [3.05, 3.63) is 38.4 Å². The van der Waals surface area contributed by atoms with Crippen LogP contribution in [-0.4, -0.2) is 31.4 Å². The first-order valence-electron chi connectivity index (χ1n) is 6.04. The van der Waals surface area contributed by atoms with E-state index in [1.807, 2.05) is 0 Å². The standard InChI is InChI=1S/C12H14N2O7S/c1-12(2,3)21-11(15)7-22(20)10-5-4-8(13(16)17)6-9(10)14(18)19/h4-6H,7H2,1-3H3/t22-/m0/s1. The Bertz CT molecular complexity index is 651. The molecule has 0 aliphatic rings. The summed E-state index contributed by atoms with van der Waals surface area (Å²) in [7, 11) is -2.04. The van der Waals surface area contributed by atoms with Crippen molar-refractivity contribution in [1.82, 2.24) is 0 Å². The molecule has 22 heavy (non-hydrogen) atoms. The van der Waals surface area contributed by atoms with Gasteiger partial charge in [0.05, 0.1) is 26.7 Å². The lowest BCUT2D eigenvalue weighted by Gasteiger charge is -2.19. The van der Waals surface area contributed by atoms with Crippen LogP contribution in [0.5, 0.6) is 0 Å². The molecule has 0 saturated carbocycles. The average molecular weight is 330 g/mol. The van der Waals surface area contributed by atoms with Gasteiger partial charge in [-0.05, 0) is 26.8 Å². The molecule has 9 nitrogen and oxygen atoms in total. The van der Waals surface area contributed by atoms with Gasteiger partial charge in [0.1, 0.15) is 16.2 Å². The van der Waals surface area contributed by atoms with Gasteiger partial charge in [-0.1, -0.05) is 0 Å². The van der Waals surface area contributed by atoms with E-state index in [4.69, 9.17) is 4.74 Å². The van der Waals surface area contributed by atoms with Crippen LogP contribution in [-0.2, 0) is 20.3 Å². The molecular formula is C12H14N2O7S. The van der Waals surface area contributed by atoms with E-state index in [0.29, 0.717) is 6.07 Å². The first-order valence-corrected chi connectivity index (χ1v) is 7.36. The summed E-state index contributed by atoms with van der Waals surface area (Å²) < 4.78 is 17.1. The Morgan fingerprint density at radius 2 is 1.82 bits per heavy atom. The summed E-state index contributed by atoms with van der Waals surface area (Å²) in [6, 6.07) is 2.72. The van der Waals surface area contributed by atoms with Crippen LogP contribution in [0.2, 0.25) is 0 Å². The molecule has 0 unspecified atom stereocenters. The number of carbonyl (C=O) groups excluding carboxylic acids is 1. The van der Waals surface area contributed by atoms with Crippen molar-refractivity contribution in [1.29, 1.82) is 0 Å². The Morgan fingerprint density at radius 3 is 2.27 bits per heavy atom. The predicted molar refractivity (Wildman–Crippen MR) is 76.9 cm³/mol. The molecule has 0 spiro atoms. The van der Waals surface area contributed by atoms with E-state index in [0.717, 1.165) is 12.1 Å². The van der Waals surface area contributed by atoms with Crippen molar-refractivity contribution in [2.75, 3.05) is 5.75 Å². The van der Waals surface area contributed by atoms with E-state index in [1.54, 1.807) is 20.8 Å². The highest BCUT2D eigenvalue weighted by Gasteiger charge is 2.26. The van der Waals surface area contributed by atoms with Gasteiger partial charge in [0.2, 0.25) is 0 Å². The van der Waals surface area contributed by atoms with Gasteiger partial charge in [-0.25, -0.2) is 0 Å². The van der Waals surface area contributed by atoms with Crippen molar-refractivity contribution in [2.24, 2.45) is 0 Å². The number of rotatable bonds is 5. The molecule has 0 saturated heterocycles. The van der Waals surface area contributed by atoms with Gasteiger partial charge < -0.3 is 4.74 Å². The molecule has 0 heterocycles. The zero-order valence-corrected chi connectivity index (χ0v) is 12.9. The molecule has 0 aromatic heterocycles. The first-order chi connectivity index (χ1) is 10.0. The number of benzene rings is 1. The topological polar surface area (TPSA) is 130 Å². The highest BCUT2D eigenvalue weighted by Crippen LogP contribution is 2.27. The molecule has 0 aliphatic heterocycles. The van der Waals surface area contributed by atoms with Crippen LogP contribution in [0.4, 0.5) is 11.4 Å². The second-order valence-corrected chi connectivity index (χ2v) is 6.66. The molecule has 0 fully saturated rings. The molecule has 10 heteroatoms. The number of carbonyl (C=O) groups is 1. The first kappa shape index (κ1) is 17.7. The Kier molecular flexibility index (Phi) is 5.31. The van der Waals surface area contributed by atoms with E-state index in [9.17, 15) is 29.2 Å². The minimum Gasteiger partial charge on any atom is -0.459 e. The van der Waals surface area contributed by atoms with Gasteiger partial charge in [-0.3, -0.25) is 29.2 Å². The van der Waals surface area contributed by atoms with Gasteiger partial charge in [-0.15, -0.1) is 0 Å². The van der Waals surface area contributed by atoms with Crippen molar-refractivity contribution >= 4 is 28.1 Å². The minimum absolute atomic E-state index is 0.263. The molecule has 1 atom stereocenters. The van der Waals surface area contributed by atoms with Crippen LogP contribution < -0.4 is 0 Å². The lowest BCUT2D eigenvalue weighted by molar-refractivity contribution is -0.396. The number of nitro benzene ring substituents is 2. The lowest BCUT2D eigenvalue weighted by Crippen LogP contribution is -2.27. The van der Waals surface area contributed by atoms with Gasteiger partial charge in [0.15, 0.2) is 0 Å². The van der Waals surface area contributed by atoms with E-state index in [1.165, 1.54) is 0 Å². The molecule has 0 radical (unpaired) electrons. The predicted octanol–water partition coefficient (Wildman–Crippen LogP) is 1.95. The largest absolute Gasteiger partial charge is 0.459 e. The summed E-state index contributed by atoms with van der Waals surface area (Å²) in [4.78, 5) is 31.2. The summed E-state index contributed by atoms with van der Waals surface area (Å²) in [5, 5.41) is 21.6. The fourth-order valence-electron chi connectivity index (χ4n) is 1.51. The zero-order valence-electron chi connectivity index (χ0n) is 12.1. The SMILES string of the molecule is CC(C)(C)OC(=O)C[S@](=O)c1ccc([N+](=O)[O-])cc1[N+](=O)[O-]. The smallest absolute Gasteiger partial charge is 0.319 e. The summed E-state index contributed by atoms with van der Waals surface area (Å²) in [6.45, 7) is 4.88. The summed E-state index contributed by atoms with van der Waals surface area (Å²) in [5.74, 6) is -1.35. The van der Waals surface area contributed by atoms with Crippen LogP contribution in [0, 0.1) is 20.2 Å². The number of esters is 1. The summed E-state index contributed by atoms with van der Waals surface area (Å²) in [5.41, 5.74) is -1.94. The average Bonchev–Trinajstić information content (AvgIpc) is 2.35. The molecule has 0 bridgehead atoms. The molecule has 1 rings (SSSR count). The maximum atomic E-state index is 12.1. The number of hydrogen-bond acceptors (Lipinski definition) is 7. The highest BCUT2D eigenvalue weighted by molar-refractivity contribution is 7.85. The van der Waals surface area contributed by atoms with E-state index >= 15 is 0 Å². The number of non-ortho nitro benzene ring substituents is 1. The third-order valence-electron chi connectivity index (χ3n) is 2.26. The van der Waals surface area contributed by atoms with Gasteiger partial charge >= 0.3 is 5.97 Å². The second-order valence-electron chi connectivity index (χ2n) is 5.24. The van der Waals surface area contributed by atoms with Crippen LogP contribution in [0.1, 0.15) is 20.8 Å². The van der Waals surface area contributed by atoms with Gasteiger partial charge in [0, 0.05) is 6.07 Å². The lowest BCUT2D eigenvalue weighted by atomic mass is 10.2. The van der Waals surface area contributed by atoms with Gasteiger partial charge in [-0.2, -0.15) is 0 Å². The van der Waals surface area contributed by atoms with Crippen molar-refractivity contribution in [3.8, 4) is 0 Å². The van der Waals surface area contributed by atoms with Gasteiger partial charge in [0.25, 0.3) is 11.4 Å². The quantitative estimate of drug-likeness (QED) is 0.458. The van der Waals surface area contributed by atoms with Crippen LogP contribution in [0.25, 0.3) is 0 Å². The minimum atomic E-state index is -2.04. The number of hydrogen-bond donors (Lipinski definition) is 0. The molecule has 0 amide bonds. The summed E-state index contributed by atoms with van der Waals surface area (Å²) >= 11 is 0. The fraction of sp³-hybridized carbons (Fsp3) is 0.417. The van der Waals surface area contributed by atoms with E-state index < -0.39 is 49.3 Å². The molecular weight excluding hydrogens is 316 g/mol. The second kappa shape index (κ2) is 6.60. The highest BCUT2D eigenvalue weighted by atomic mass is 32.2. The van der Waals surface area contributed by atoms with Crippen molar-refractivity contribution in [3.63, 3.8) is 0 Å². The Hall–Kier alpha value is -2.36. The van der Waals surface area contributed by atoms with E-state index in [2.05, 4.69) is 0 Å². The maximum absolute atomic E-state index is 12.1. The monoisotopic (exact) mass is 330 g/mol. The van der Waals surface area contributed by atoms with Crippen molar-refractivity contribution < 1.29 is 23.6 Å². The summed E-state index contributed by atoms with van der Waals surface area (Å²) in [6.07, 6.45) is 0. The number of nitrogens with zero attached hydrogens (tertiary/aromatic N) is 2. The van der Waals surface area contributed by atoms with Crippen molar-refractivity contribution in [2.45, 2.75) is 31.3 Å². The third-order valence-corrected chi connectivity index (χ3v) is 3.60. The molecule has 1 aromatic rings. The fourth-order valence-corrected chi connectivity index (χ4v) is 2.53. The Morgan fingerprint density at radius 1 is 1.23 bits per heavy atom. The normalized spacial score (nSPS) is 12.5. The van der Waals surface area contributed by atoms with Crippen LogP contribution in [0.3, 0.4) is 0 Å². The number of nitro groups is 2. The number of ether oxygens (including phenoxy) is 1. The van der Waals surface area contributed by atoms with Crippen LogP contribution in [0.15, 0.2) is 23.1 Å².